The van der Waals surface area contributed by atoms with Gasteiger partial charge >= 0.3 is 11.9 Å². The smallest absolute Gasteiger partial charge is 0.349 e. The highest BCUT2D eigenvalue weighted by molar-refractivity contribution is 5.98. The number of ether oxygens (including phenoxy) is 2. The maximum atomic E-state index is 12.0. The lowest BCUT2D eigenvalue weighted by Crippen LogP contribution is -2.28. The van der Waals surface area contributed by atoms with Gasteiger partial charge in [-0.3, -0.25) is 4.79 Å². The molecule has 7 heteroatoms. The van der Waals surface area contributed by atoms with Crippen molar-refractivity contribution < 1.29 is 23.9 Å². The van der Waals surface area contributed by atoms with Crippen LogP contribution < -0.4 is 5.32 Å². The maximum Gasteiger partial charge on any atom is 0.349 e. The number of amides is 1. The van der Waals surface area contributed by atoms with Crippen LogP contribution in [-0.2, 0) is 25.6 Å². The first-order chi connectivity index (χ1) is 13.5. The van der Waals surface area contributed by atoms with Crippen molar-refractivity contribution in [2.75, 3.05) is 13.7 Å². The summed E-state index contributed by atoms with van der Waals surface area (Å²) in [7, 11) is 1.30. The van der Waals surface area contributed by atoms with Crippen LogP contribution in [0.1, 0.15) is 21.5 Å². The molecule has 1 amide bonds. The molecule has 2 aromatic carbocycles. The third-order valence-corrected chi connectivity index (χ3v) is 3.65. The molecule has 0 radical (unpaired) electrons. The molecule has 0 atom stereocenters. The molecule has 0 aliphatic rings. The lowest BCUT2D eigenvalue weighted by Gasteiger charge is -2.07. The summed E-state index contributed by atoms with van der Waals surface area (Å²) in [5.41, 5.74) is 1.64. The molecule has 0 fully saturated rings. The number of nitrogens with zero attached hydrogens (tertiary/aromatic N) is 1. The minimum atomic E-state index is -0.871. The van der Waals surface area contributed by atoms with Gasteiger partial charge in [0.05, 0.1) is 12.7 Å². The standard InChI is InChI=1S/C21H18N2O5/c1-27-20(25)17-9-7-16(8-10-17)13-23-19(24)14-28-21(26)18(12-22)11-15-5-3-2-4-6-15/h2-11H,13-14H2,1H3,(H,23,24)/b18-11-. The van der Waals surface area contributed by atoms with Gasteiger partial charge in [0, 0.05) is 6.54 Å². The summed E-state index contributed by atoms with van der Waals surface area (Å²) in [5.74, 6) is -1.83. The number of esters is 2. The predicted molar refractivity (Wildman–Crippen MR) is 101 cm³/mol. The summed E-state index contributed by atoms with van der Waals surface area (Å²) in [5, 5.41) is 11.7. The van der Waals surface area contributed by atoms with Crippen molar-refractivity contribution in [3.8, 4) is 6.07 Å². The van der Waals surface area contributed by atoms with Gasteiger partial charge in [-0.2, -0.15) is 5.26 Å². The molecule has 0 spiro atoms. The molecule has 0 aromatic heterocycles. The molecule has 0 saturated heterocycles. The van der Waals surface area contributed by atoms with Gasteiger partial charge in [0.15, 0.2) is 6.61 Å². The Morgan fingerprint density at radius 3 is 2.36 bits per heavy atom. The highest BCUT2D eigenvalue weighted by atomic mass is 16.5. The van der Waals surface area contributed by atoms with Gasteiger partial charge in [0.1, 0.15) is 11.6 Å². The molecule has 0 aliphatic carbocycles. The summed E-state index contributed by atoms with van der Waals surface area (Å²) in [4.78, 5) is 35.2. The fraction of sp³-hybridized carbons (Fsp3) is 0.143. The Labute approximate surface area is 162 Å². The Bertz CT molecular complexity index is 912. The minimum Gasteiger partial charge on any atom is -0.465 e. The van der Waals surface area contributed by atoms with Gasteiger partial charge in [-0.05, 0) is 29.3 Å². The van der Waals surface area contributed by atoms with Crippen LogP contribution in [0.25, 0.3) is 6.08 Å². The molecular weight excluding hydrogens is 360 g/mol. The molecule has 7 nitrogen and oxygen atoms in total. The van der Waals surface area contributed by atoms with Gasteiger partial charge in [-0.25, -0.2) is 9.59 Å². The predicted octanol–water partition coefficient (Wildman–Crippen LogP) is 2.24. The van der Waals surface area contributed by atoms with E-state index in [1.807, 2.05) is 6.07 Å². The maximum absolute atomic E-state index is 12.0. The Kier molecular flexibility index (Phi) is 7.49. The zero-order valence-electron chi connectivity index (χ0n) is 15.2. The third kappa shape index (κ3) is 6.11. The second kappa shape index (κ2) is 10.3. The molecule has 0 saturated carbocycles. The van der Waals surface area contributed by atoms with E-state index in [1.165, 1.54) is 13.2 Å². The molecule has 0 unspecified atom stereocenters. The van der Waals surface area contributed by atoms with E-state index in [1.54, 1.807) is 54.6 Å². The fourth-order valence-corrected chi connectivity index (χ4v) is 2.19. The SMILES string of the molecule is COC(=O)c1ccc(CNC(=O)COC(=O)/C(C#N)=C\c2ccccc2)cc1. The van der Waals surface area contributed by atoms with Crippen molar-refractivity contribution in [1.82, 2.24) is 5.32 Å². The average Bonchev–Trinajstić information content (AvgIpc) is 2.74. The van der Waals surface area contributed by atoms with Crippen molar-refractivity contribution in [3.05, 3.63) is 76.9 Å². The van der Waals surface area contributed by atoms with E-state index in [0.717, 1.165) is 5.56 Å². The van der Waals surface area contributed by atoms with Gasteiger partial charge < -0.3 is 14.8 Å². The van der Waals surface area contributed by atoms with Crippen molar-refractivity contribution in [1.29, 1.82) is 5.26 Å². The minimum absolute atomic E-state index is 0.197. The second-order valence-electron chi connectivity index (χ2n) is 5.62. The van der Waals surface area contributed by atoms with Gasteiger partial charge in [0.2, 0.25) is 0 Å². The fourth-order valence-electron chi connectivity index (χ4n) is 2.19. The van der Waals surface area contributed by atoms with Crippen LogP contribution >= 0.6 is 0 Å². The number of carbonyl (C=O) groups is 3. The van der Waals surface area contributed by atoms with Gasteiger partial charge in [-0.1, -0.05) is 42.5 Å². The highest BCUT2D eigenvalue weighted by Gasteiger charge is 2.13. The number of methoxy groups -OCH3 is 1. The molecule has 28 heavy (non-hydrogen) atoms. The molecule has 2 aromatic rings. The van der Waals surface area contributed by atoms with Crippen LogP contribution in [0.3, 0.4) is 0 Å². The monoisotopic (exact) mass is 378 g/mol. The number of hydrogen-bond donors (Lipinski definition) is 1. The van der Waals surface area contributed by atoms with E-state index in [0.29, 0.717) is 11.1 Å². The zero-order valence-corrected chi connectivity index (χ0v) is 15.2. The van der Waals surface area contributed by atoms with Crippen LogP contribution in [0.2, 0.25) is 0 Å². The van der Waals surface area contributed by atoms with Crippen LogP contribution in [0.15, 0.2) is 60.2 Å². The zero-order chi connectivity index (χ0) is 20.4. The number of hydrogen-bond acceptors (Lipinski definition) is 6. The molecule has 142 valence electrons. The molecule has 2 rings (SSSR count). The summed E-state index contributed by atoms with van der Waals surface area (Å²) >= 11 is 0. The number of nitrogens with one attached hydrogen (secondary N) is 1. The van der Waals surface area contributed by atoms with Crippen molar-refractivity contribution in [2.24, 2.45) is 0 Å². The summed E-state index contributed by atoms with van der Waals surface area (Å²) < 4.78 is 9.49. The normalized spacial score (nSPS) is 10.5. The van der Waals surface area contributed by atoms with Crippen molar-refractivity contribution >= 4 is 23.9 Å². The highest BCUT2D eigenvalue weighted by Crippen LogP contribution is 2.08. The number of rotatable bonds is 7. The van der Waals surface area contributed by atoms with E-state index in [4.69, 9.17) is 10.00 Å². The van der Waals surface area contributed by atoms with Crippen LogP contribution in [0.4, 0.5) is 0 Å². The van der Waals surface area contributed by atoms with E-state index in [2.05, 4.69) is 10.1 Å². The Morgan fingerprint density at radius 1 is 1.07 bits per heavy atom. The average molecular weight is 378 g/mol. The number of benzene rings is 2. The number of nitriles is 1. The topological polar surface area (TPSA) is 105 Å². The molecule has 0 bridgehead atoms. The van der Waals surface area contributed by atoms with Crippen LogP contribution in [0, 0.1) is 11.3 Å². The van der Waals surface area contributed by atoms with Crippen LogP contribution in [0.5, 0.6) is 0 Å². The first-order valence-corrected chi connectivity index (χ1v) is 8.31. The van der Waals surface area contributed by atoms with Gasteiger partial charge in [-0.15, -0.1) is 0 Å². The first kappa shape index (κ1) is 20.4. The van der Waals surface area contributed by atoms with E-state index in [-0.39, 0.29) is 12.1 Å². The Balaban J connectivity index is 1.83. The van der Waals surface area contributed by atoms with E-state index >= 15 is 0 Å². The largest absolute Gasteiger partial charge is 0.465 e. The second-order valence-corrected chi connectivity index (χ2v) is 5.62. The van der Waals surface area contributed by atoms with Crippen molar-refractivity contribution in [3.63, 3.8) is 0 Å². The summed E-state index contributed by atoms with van der Waals surface area (Å²) in [6.45, 7) is -0.310. The van der Waals surface area contributed by atoms with E-state index < -0.39 is 24.5 Å². The Morgan fingerprint density at radius 2 is 1.75 bits per heavy atom. The molecular formula is C21H18N2O5. The lowest BCUT2D eigenvalue weighted by atomic mass is 10.1. The van der Waals surface area contributed by atoms with Gasteiger partial charge in [0.25, 0.3) is 5.91 Å². The summed E-state index contributed by atoms with van der Waals surface area (Å²) in [6.07, 6.45) is 1.39. The quantitative estimate of drug-likeness (QED) is 0.450. The van der Waals surface area contributed by atoms with Crippen molar-refractivity contribution in [2.45, 2.75) is 6.54 Å². The lowest BCUT2D eigenvalue weighted by molar-refractivity contribution is -0.144. The summed E-state index contributed by atoms with van der Waals surface area (Å²) in [6, 6.07) is 17.1. The molecule has 0 aliphatic heterocycles. The van der Waals surface area contributed by atoms with Crippen LogP contribution in [-0.4, -0.2) is 31.6 Å². The third-order valence-electron chi connectivity index (χ3n) is 3.65. The van der Waals surface area contributed by atoms with E-state index in [9.17, 15) is 14.4 Å². The molecule has 1 N–H and O–H groups in total. The molecule has 0 heterocycles. The number of carbonyl (C=O) groups excluding carboxylic acids is 3. The first-order valence-electron chi connectivity index (χ1n) is 8.31. The Hall–Kier alpha value is -3.92.